The molecule has 2 aromatic carbocycles. The third-order valence-corrected chi connectivity index (χ3v) is 4.04. The van der Waals surface area contributed by atoms with E-state index in [0.29, 0.717) is 24.5 Å². The fourth-order valence-electron chi connectivity index (χ4n) is 1.99. The summed E-state index contributed by atoms with van der Waals surface area (Å²) in [4.78, 5) is 1.78. The van der Waals surface area contributed by atoms with Crippen LogP contribution in [0.25, 0.3) is 0 Å². The fourth-order valence-corrected chi connectivity index (χ4v) is 2.93. The minimum Gasteiger partial charge on any atom is -0.486 e. The average Bonchev–Trinajstić information content (AvgIpc) is 2.49. The Kier molecular flexibility index (Phi) is 3.80. The van der Waals surface area contributed by atoms with Gasteiger partial charge in [0.25, 0.3) is 0 Å². The van der Waals surface area contributed by atoms with Crippen LogP contribution in [0.5, 0.6) is 11.5 Å². The van der Waals surface area contributed by atoms with Gasteiger partial charge >= 0.3 is 0 Å². The van der Waals surface area contributed by atoms with Crippen molar-refractivity contribution in [2.75, 3.05) is 13.2 Å². The normalized spacial score (nSPS) is 13.3. The van der Waals surface area contributed by atoms with Crippen LogP contribution < -0.4 is 9.47 Å². The Labute approximate surface area is 120 Å². The molecule has 0 unspecified atom stereocenters. The van der Waals surface area contributed by atoms with Crippen LogP contribution >= 0.6 is 11.8 Å². The number of hydrogen-bond donors (Lipinski definition) is 1. The Morgan fingerprint density at radius 3 is 2.65 bits per heavy atom. The second-order valence-electron chi connectivity index (χ2n) is 4.32. The second-order valence-corrected chi connectivity index (χ2v) is 5.43. The number of rotatable bonds is 3. The summed E-state index contributed by atoms with van der Waals surface area (Å²) in [6.07, 6.45) is 0. The van der Waals surface area contributed by atoms with Crippen molar-refractivity contribution in [3.63, 3.8) is 0 Å². The minimum absolute atomic E-state index is 0.190. The number of aliphatic hydroxyl groups excluding tert-OH is 1. The van der Waals surface area contributed by atoms with Gasteiger partial charge in [0, 0.05) is 9.79 Å². The summed E-state index contributed by atoms with van der Waals surface area (Å²) in [7, 11) is 0. The zero-order valence-corrected chi connectivity index (χ0v) is 11.5. The Morgan fingerprint density at radius 2 is 1.85 bits per heavy atom. The van der Waals surface area contributed by atoms with Gasteiger partial charge in [0.05, 0.1) is 6.61 Å². The quantitative estimate of drug-likeness (QED) is 0.942. The maximum absolute atomic E-state index is 13.1. The summed E-state index contributed by atoms with van der Waals surface area (Å²) in [5.41, 5.74) is 0.574. The Hall–Kier alpha value is -1.72. The van der Waals surface area contributed by atoms with Crippen LogP contribution in [0.4, 0.5) is 4.39 Å². The molecule has 0 aromatic heterocycles. The Balaban J connectivity index is 1.87. The first-order valence-corrected chi connectivity index (χ1v) is 7.05. The van der Waals surface area contributed by atoms with Gasteiger partial charge in [0.15, 0.2) is 11.5 Å². The summed E-state index contributed by atoms with van der Waals surface area (Å²) < 4.78 is 24.1. The molecule has 1 aliphatic rings. The number of fused-ring (bicyclic) bond motifs is 1. The van der Waals surface area contributed by atoms with Crippen molar-refractivity contribution in [2.24, 2.45) is 0 Å². The molecule has 20 heavy (non-hydrogen) atoms. The van der Waals surface area contributed by atoms with Crippen LogP contribution in [-0.4, -0.2) is 18.3 Å². The summed E-state index contributed by atoms with van der Waals surface area (Å²) in [5, 5.41) is 9.29. The zero-order chi connectivity index (χ0) is 13.9. The lowest BCUT2D eigenvalue weighted by Crippen LogP contribution is -2.15. The Bertz CT molecular complexity index is 631. The summed E-state index contributed by atoms with van der Waals surface area (Å²) >= 11 is 1.46. The molecule has 0 aliphatic carbocycles. The SMILES string of the molecule is OCc1cc(F)ccc1Sc1ccc2c(c1)OCCO2. The molecule has 2 aromatic rings. The molecular weight excluding hydrogens is 279 g/mol. The predicted molar refractivity (Wildman–Crippen MR) is 73.9 cm³/mol. The van der Waals surface area contributed by atoms with E-state index in [0.717, 1.165) is 15.5 Å². The zero-order valence-electron chi connectivity index (χ0n) is 10.6. The number of aliphatic hydroxyl groups is 1. The predicted octanol–water partition coefficient (Wildman–Crippen LogP) is 3.24. The van der Waals surface area contributed by atoms with Crippen LogP contribution in [0.1, 0.15) is 5.56 Å². The van der Waals surface area contributed by atoms with Crippen LogP contribution in [-0.2, 0) is 6.61 Å². The van der Waals surface area contributed by atoms with Crippen LogP contribution in [0.3, 0.4) is 0 Å². The summed E-state index contributed by atoms with van der Waals surface area (Å²) in [5.74, 6) is 1.11. The highest BCUT2D eigenvalue weighted by Crippen LogP contribution is 2.37. The second kappa shape index (κ2) is 5.73. The van der Waals surface area contributed by atoms with Crippen LogP contribution in [0.15, 0.2) is 46.2 Å². The molecule has 1 aliphatic heterocycles. The van der Waals surface area contributed by atoms with Gasteiger partial charge in [-0.05, 0) is 42.0 Å². The highest BCUT2D eigenvalue weighted by molar-refractivity contribution is 7.99. The molecule has 3 nitrogen and oxygen atoms in total. The highest BCUT2D eigenvalue weighted by atomic mass is 32.2. The molecule has 3 rings (SSSR count). The largest absolute Gasteiger partial charge is 0.486 e. The standard InChI is InChI=1S/C15H13FO3S/c16-11-1-4-15(10(7-11)9-17)20-12-2-3-13-14(8-12)19-6-5-18-13/h1-4,7-8,17H,5-6,9H2. The van der Waals surface area contributed by atoms with E-state index in [9.17, 15) is 9.50 Å². The van der Waals surface area contributed by atoms with Gasteiger partial charge < -0.3 is 14.6 Å². The molecule has 0 saturated carbocycles. The first-order chi connectivity index (χ1) is 9.76. The van der Waals surface area contributed by atoms with Gasteiger partial charge in [-0.25, -0.2) is 4.39 Å². The van der Waals surface area contributed by atoms with Gasteiger partial charge in [-0.1, -0.05) is 11.8 Å². The monoisotopic (exact) mass is 292 g/mol. The van der Waals surface area contributed by atoms with E-state index < -0.39 is 0 Å². The molecule has 1 heterocycles. The number of hydrogen-bond acceptors (Lipinski definition) is 4. The molecule has 1 N–H and O–H groups in total. The third-order valence-electron chi connectivity index (χ3n) is 2.93. The first kappa shape index (κ1) is 13.3. The molecule has 104 valence electrons. The van der Waals surface area contributed by atoms with Gasteiger partial charge in [-0.2, -0.15) is 0 Å². The average molecular weight is 292 g/mol. The summed E-state index contributed by atoms with van der Waals surface area (Å²) in [6, 6.07) is 10.1. The maximum Gasteiger partial charge on any atom is 0.162 e. The molecule has 0 saturated heterocycles. The molecule has 0 atom stereocenters. The molecule has 0 amide bonds. The van der Waals surface area contributed by atoms with E-state index in [1.54, 1.807) is 6.07 Å². The van der Waals surface area contributed by atoms with Crippen molar-refractivity contribution < 1.29 is 19.0 Å². The fraction of sp³-hybridized carbons (Fsp3) is 0.200. The van der Waals surface area contributed by atoms with Gasteiger partial charge in [0.1, 0.15) is 19.0 Å². The molecule has 0 fully saturated rings. The third kappa shape index (κ3) is 2.73. The van der Waals surface area contributed by atoms with Crippen molar-refractivity contribution in [3.8, 4) is 11.5 Å². The Morgan fingerprint density at radius 1 is 1.05 bits per heavy atom. The van der Waals surface area contributed by atoms with E-state index >= 15 is 0 Å². The van der Waals surface area contributed by atoms with Crippen LogP contribution in [0.2, 0.25) is 0 Å². The van der Waals surface area contributed by atoms with Crippen LogP contribution in [0, 0.1) is 5.82 Å². The lowest BCUT2D eigenvalue weighted by atomic mass is 10.2. The minimum atomic E-state index is -0.347. The molecule has 0 bridgehead atoms. The van der Waals surface area contributed by atoms with E-state index in [1.165, 1.54) is 23.9 Å². The van der Waals surface area contributed by atoms with Gasteiger partial charge in [0.2, 0.25) is 0 Å². The van der Waals surface area contributed by atoms with Gasteiger partial charge in [-0.3, -0.25) is 0 Å². The number of benzene rings is 2. The highest BCUT2D eigenvalue weighted by Gasteiger charge is 2.13. The number of ether oxygens (including phenoxy) is 2. The molecule has 5 heteroatoms. The van der Waals surface area contributed by atoms with E-state index in [4.69, 9.17) is 9.47 Å². The van der Waals surface area contributed by atoms with E-state index in [1.807, 2.05) is 18.2 Å². The molecular formula is C15H13FO3S. The van der Waals surface area contributed by atoms with Crippen molar-refractivity contribution in [1.82, 2.24) is 0 Å². The van der Waals surface area contributed by atoms with E-state index in [2.05, 4.69) is 0 Å². The van der Waals surface area contributed by atoms with Crippen molar-refractivity contribution in [3.05, 3.63) is 47.8 Å². The lowest BCUT2D eigenvalue weighted by Gasteiger charge is -2.18. The molecule has 0 spiro atoms. The molecule has 0 radical (unpaired) electrons. The van der Waals surface area contributed by atoms with Crippen molar-refractivity contribution in [2.45, 2.75) is 16.4 Å². The first-order valence-electron chi connectivity index (χ1n) is 6.23. The summed E-state index contributed by atoms with van der Waals surface area (Å²) in [6.45, 7) is 0.913. The number of halogens is 1. The van der Waals surface area contributed by atoms with Crippen molar-refractivity contribution >= 4 is 11.8 Å². The topological polar surface area (TPSA) is 38.7 Å². The van der Waals surface area contributed by atoms with Crippen molar-refractivity contribution in [1.29, 1.82) is 0 Å². The maximum atomic E-state index is 13.1. The van der Waals surface area contributed by atoms with Gasteiger partial charge in [-0.15, -0.1) is 0 Å². The lowest BCUT2D eigenvalue weighted by molar-refractivity contribution is 0.171. The smallest absolute Gasteiger partial charge is 0.162 e. The van der Waals surface area contributed by atoms with E-state index in [-0.39, 0.29) is 12.4 Å².